The number of carbonyl (C=O) groups excluding carboxylic acids is 1. The van der Waals surface area contributed by atoms with Crippen molar-refractivity contribution in [2.24, 2.45) is 0 Å². The van der Waals surface area contributed by atoms with Gasteiger partial charge in [-0.25, -0.2) is 0 Å². The molecule has 0 fully saturated rings. The van der Waals surface area contributed by atoms with E-state index in [1.165, 1.54) is 17.2 Å². The molecule has 0 saturated heterocycles. The average molecular weight is 367 g/mol. The fraction of sp³-hybridized carbons (Fsp3) is 0.381. The highest BCUT2D eigenvalue weighted by Crippen LogP contribution is 2.21. The van der Waals surface area contributed by atoms with E-state index < -0.39 is 4.92 Å². The molecule has 27 heavy (non-hydrogen) atoms. The van der Waals surface area contributed by atoms with Crippen molar-refractivity contribution in [1.82, 2.24) is 10.2 Å². The summed E-state index contributed by atoms with van der Waals surface area (Å²) in [6, 6.07) is 15.2. The summed E-state index contributed by atoms with van der Waals surface area (Å²) in [4.78, 5) is 25.4. The lowest BCUT2D eigenvalue weighted by Gasteiger charge is -2.35. The fourth-order valence-corrected chi connectivity index (χ4v) is 3.67. The molecule has 1 atom stereocenters. The van der Waals surface area contributed by atoms with E-state index in [0.29, 0.717) is 12.1 Å². The van der Waals surface area contributed by atoms with Gasteiger partial charge < -0.3 is 5.32 Å². The number of nitro groups is 1. The second-order valence-electron chi connectivity index (χ2n) is 6.92. The highest BCUT2D eigenvalue weighted by atomic mass is 16.6. The van der Waals surface area contributed by atoms with E-state index in [9.17, 15) is 14.9 Å². The SMILES string of the molecule is CC[C@@H](CNC(=O)Cc1ccccc1[N+](=O)[O-])N1CCc2ccccc2C1. The predicted octanol–water partition coefficient (Wildman–Crippen LogP) is 3.09. The summed E-state index contributed by atoms with van der Waals surface area (Å²) in [5, 5.41) is 14.1. The maximum absolute atomic E-state index is 12.3. The number of carbonyl (C=O) groups is 1. The summed E-state index contributed by atoms with van der Waals surface area (Å²) >= 11 is 0. The molecule has 1 aliphatic rings. The Morgan fingerprint density at radius 1 is 1.19 bits per heavy atom. The van der Waals surface area contributed by atoms with Gasteiger partial charge in [-0.05, 0) is 24.0 Å². The predicted molar refractivity (Wildman–Crippen MR) is 104 cm³/mol. The van der Waals surface area contributed by atoms with E-state index in [-0.39, 0.29) is 24.1 Å². The van der Waals surface area contributed by atoms with Crippen LogP contribution >= 0.6 is 0 Å². The molecule has 0 aliphatic carbocycles. The summed E-state index contributed by atoms with van der Waals surface area (Å²) in [5.74, 6) is -0.180. The summed E-state index contributed by atoms with van der Waals surface area (Å²) < 4.78 is 0. The van der Waals surface area contributed by atoms with E-state index >= 15 is 0 Å². The van der Waals surface area contributed by atoms with Crippen LogP contribution in [0.3, 0.4) is 0 Å². The van der Waals surface area contributed by atoms with Crippen molar-refractivity contribution >= 4 is 11.6 Å². The van der Waals surface area contributed by atoms with Crippen LogP contribution in [0, 0.1) is 10.1 Å². The maximum Gasteiger partial charge on any atom is 0.273 e. The third-order valence-corrected chi connectivity index (χ3v) is 5.22. The van der Waals surface area contributed by atoms with Crippen LogP contribution in [0.1, 0.15) is 30.0 Å². The van der Waals surface area contributed by atoms with Crippen molar-refractivity contribution < 1.29 is 9.72 Å². The first-order chi connectivity index (χ1) is 13.1. The van der Waals surface area contributed by atoms with Crippen molar-refractivity contribution in [3.05, 3.63) is 75.3 Å². The number of amides is 1. The monoisotopic (exact) mass is 367 g/mol. The van der Waals surface area contributed by atoms with Crippen molar-refractivity contribution in [1.29, 1.82) is 0 Å². The van der Waals surface area contributed by atoms with Crippen molar-refractivity contribution in [2.45, 2.75) is 38.8 Å². The van der Waals surface area contributed by atoms with E-state index in [4.69, 9.17) is 0 Å². The van der Waals surface area contributed by atoms with Crippen molar-refractivity contribution in [3.8, 4) is 0 Å². The number of nitrogens with zero attached hydrogens (tertiary/aromatic N) is 2. The Hall–Kier alpha value is -2.73. The number of hydrogen-bond donors (Lipinski definition) is 1. The van der Waals surface area contributed by atoms with Gasteiger partial charge in [-0.2, -0.15) is 0 Å². The second-order valence-corrected chi connectivity index (χ2v) is 6.92. The largest absolute Gasteiger partial charge is 0.354 e. The molecule has 3 rings (SSSR count). The smallest absolute Gasteiger partial charge is 0.273 e. The van der Waals surface area contributed by atoms with Gasteiger partial charge >= 0.3 is 0 Å². The summed E-state index contributed by atoms with van der Waals surface area (Å²) in [7, 11) is 0. The number of benzene rings is 2. The van der Waals surface area contributed by atoms with Crippen LogP contribution < -0.4 is 5.32 Å². The van der Waals surface area contributed by atoms with Crippen molar-refractivity contribution in [2.75, 3.05) is 13.1 Å². The van der Waals surface area contributed by atoms with E-state index in [2.05, 4.69) is 41.4 Å². The third-order valence-electron chi connectivity index (χ3n) is 5.22. The van der Waals surface area contributed by atoms with Gasteiger partial charge in [0.1, 0.15) is 0 Å². The number of nitrogens with one attached hydrogen (secondary N) is 1. The normalized spacial score (nSPS) is 15.0. The van der Waals surface area contributed by atoms with Gasteiger partial charge in [0.15, 0.2) is 0 Å². The zero-order valence-corrected chi connectivity index (χ0v) is 15.6. The maximum atomic E-state index is 12.3. The second kappa shape index (κ2) is 8.77. The van der Waals surface area contributed by atoms with Crippen LogP contribution in [0.5, 0.6) is 0 Å². The van der Waals surface area contributed by atoms with E-state index in [0.717, 1.165) is 25.9 Å². The van der Waals surface area contributed by atoms with Crippen LogP contribution in [0.4, 0.5) is 5.69 Å². The van der Waals surface area contributed by atoms with Gasteiger partial charge in [-0.15, -0.1) is 0 Å². The molecular formula is C21H25N3O3. The minimum Gasteiger partial charge on any atom is -0.354 e. The van der Waals surface area contributed by atoms with Crippen molar-refractivity contribution in [3.63, 3.8) is 0 Å². The Morgan fingerprint density at radius 3 is 2.63 bits per heavy atom. The van der Waals surface area contributed by atoms with Crippen LogP contribution in [0.15, 0.2) is 48.5 Å². The Labute approximate surface area is 159 Å². The highest BCUT2D eigenvalue weighted by Gasteiger charge is 2.23. The molecule has 0 aromatic heterocycles. The molecule has 2 aromatic carbocycles. The van der Waals surface area contributed by atoms with Crippen LogP contribution in [0.2, 0.25) is 0 Å². The molecule has 1 aliphatic heterocycles. The van der Waals surface area contributed by atoms with Crippen LogP contribution in [-0.2, 0) is 24.2 Å². The number of rotatable bonds is 7. The Kier molecular flexibility index (Phi) is 6.19. The molecule has 0 unspecified atom stereocenters. The molecule has 1 N–H and O–H groups in total. The summed E-state index contributed by atoms with van der Waals surface area (Å²) in [6.45, 7) is 4.56. The third kappa shape index (κ3) is 4.71. The summed E-state index contributed by atoms with van der Waals surface area (Å²) in [6.07, 6.45) is 1.99. The van der Waals surface area contributed by atoms with Crippen LogP contribution in [0.25, 0.3) is 0 Å². The lowest BCUT2D eigenvalue weighted by Crippen LogP contribution is -2.46. The molecule has 0 saturated carbocycles. The van der Waals surface area contributed by atoms with Gasteiger partial charge in [0.25, 0.3) is 5.69 Å². The Bertz CT molecular complexity index is 822. The van der Waals surface area contributed by atoms with E-state index in [1.807, 2.05) is 0 Å². The first kappa shape index (κ1) is 19.0. The molecule has 6 nitrogen and oxygen atoms in total. The topological polar surface area (TPSA) is 75.5 Å². The van der Waals surface area contributed by atoms with Gasteiger partial charge in [0.05, 0.1) is 11.3 Å². The van der Waals surface area contributed by atoms with E-state index in [1.54, 1.807) is 18.2 Å². The molecule has 1 amide bonds. The zero-order chi connectivity index (χ0) is 19.2. The molecule has 6 heteroatoms. The first-order valence-corrected chi connectivity index (χ1v) is 9.38. The molecule has 0 spiro atoms. The standard InChI is InChI=1S/C21H25N3O3/c1-2-19(23-12-11-16-7-3-4-9-18(16)15-23)14-22-21(25)13-17-8-5-6-10-20(17)24(26)27/h3-10,19H,2,11-15H2,1H3,(H,22,25)/t19-/m0/s1. The van der Waals surface area contributed by atoms with Gasteiger partial charge in [0.2, 0.25) is 5.91 Å². The molecule has 0 radical (unpaired) electrons. The minimum absolute atomic E-state index is 0.00710. The number of hydrogen-bond acceptors (Lipinski definition) is 4. The Balaban J connectivity index is 1.57. The Morgan fingerprint density at radius 2 is 1.89 bits per heavy atom. The fourth-order valence-electron chi connectivity index (χ4n) is 3.67. The first-order valence-electron chi connectivity index (χ1n) is 9.38. The molecule has 1 heterocycles. The zero-order valence-electron chi connectivity index (χ0n) is 15.6. The van der Waals surface area contributed by atoms with Gasteiger partial charge in [0, 0.05) is 37.3 Å². The molecule has 0 bridgehead atoms. The average Bonchev–Trinajstić information content (AvgIpc) is 2.68. The molecule has 2 aromatic rings. The number of nitro benzene ring substituents is 1. The highest BCUT2D eigenvalue weighted by molar-refractivity contribution is 5.79. The summed E-state index contributed by atoms with van der Waals surface area (Å²) in [5.41, 5.74) is 3.20. The van der Waals surface area contributed by atoms with Gasteiger partial charge in [-0.1, -0.05) is 49.4 Å². The lowest BCUT2D eigenvalue weighted by atomic mass is 9.98. The quantitative estimate of drug-likeness (QED) is 0.603. The lowest BCUT2D eigenvalue weighted by molar-refractivity contribution is -0.385. The number of fused-ring (bicyclic) bond motifs is 1. The molecular weight excluding hydrogens is 342 g/mol. The molecule has 142 valence electrons. The minimum atomic E-state index is -0.442. The van der Waals surface area contributed by atoms with Crippen LogP contribution in [-0.4, -0.2) is 34.9 Å². The van der Waals surface area contributed by atoms with Gasteiger partial charge in [-0.3, -0.25) is 19.8 Å². The number of para-hydroxylation sites is 1.